The third-order valence-electron chi connectivity index (χ3n) is 4.81. The van der Waals surface area contributed by atoms with E-state index < -0.39 is 0 Å². The molecule has 1 heterocycles. The van der Waals surface area contributed by atoms with E-state index in [1.165, 1.54) is 54.1 Å². The number of aromatic nitrogens is 1. The van der Waals surface area contributed by atoms with Crippen molar-refractivity contribution in [2.75, 3.05) is 0 Å². The van der Waals surface area contributed by atoms with Crippen LogP contribution in [-0.2, 0) is 18.4 Å². The molecule has 0 aromatic carbocycles. The van der Waals surface area contributed by atoms with E-state index in [1.807, 2.05) is 11.3 Å². The maximum Gasteiger partial charge on any atom is 0.114 e. The standard InChI is InChI=1S/C14H22N2S/c1-13(2)8-5-9-14(13,15)12-16-10-6-3-4-7-11(10)17-12/h3-9,15H2,1-2H3. The van der Waals surface area contributed by atoms with Gasteiger partial charge in [-0.3, -0.25) is 0 Å². The lowest BCUT2D eigenvalue weighted by molar-refractivity contribution is 0.209. The maximum atomic E-state index is 6.72. The second kappa shape index (κ2) is 3.79. The van der Waals surface area contributed by atoms with Crippen LogP contribution in [-0.4, -0.2) is 4.98 Å². The van der Waals surface area contributed by atoms with Crippen LogP contribution in [0.25, 0.3) is 0 Å². The minimum absolute atomic E-state index is 0.172. The molecule has 1 aromatic rings. The van der Waals surface area contributed by atoms with Crippen LogP contribution in [0.15, 0.2) is 0 Å². The molecule has 1 saturated carbocycles. The summed E-state index contributed by atoms with van der Waals surface area (Å²) >= 11 is 1.90. The molecule has 0 amide bonds. The van der Waals surface area contributed by atoms with Gasteiger partial charge >= 0.3 is 0 Å². The molecule has 0 aliphatic heterocycles. The van der Waals surface area contributed by atoms with Crippen LogP contribution in [0.3, 0.4) is 0 Å². The number of hydrogen-bond donors (Lipinski definition) is 1. The lowest BCUT2D eigenvalue weighted by Gasteiger charge is -2.36. The molecule has 3 heteroatoms. The zero-order valence-corrected chi connectivity index (χ0v) is 11.7. The van der Waals surface area contributed by atoms with Gasteiger partial charge in [-0.1, -0.05) is 20.3 Å². The van der Waals surface area contributed by atoms with Crippen molar-refractivity contribution in [1.29, 1.82) is 0 Å². The third-order valence-corrected chi connectivity index (χ3v) is 6.14. The Kier molecular flexibility index (Phi) is 2.60. The second-order valence-corrected chi connectivity index (χ2v) is 7.39. The molecule has 0 radical (unpaired) electrons. The summed E-state index contributed by atoms with van der Waals surface area (Å²) in [5.74, 6) is 0. The molecule has 0 spiro atoms. The summed E-state index contributed by atoms with van der Waals surface area (Å²) in [4.78, 5) is 6.41. The Labute approximate surface area is 108 Å². The smallest absolute Gasteiger partial charge is 0.114 e. The topological polar surface area (TPSA) is 38.9 Å². The lowest BCUT2D eigenvalue weighted by atomic mass is 9.76. The molecule has 2 N–H and O–H groups in total. The molecular weight excluding hydrogens is 228 g/mol. The van der Waals surface area contributed by atoms with Crippen LogP contribution >= 0.6 is 11.3 Å². The molecule has 1 atom stereocenters. The van der Waals surface area contributed by atoms with E-state index in [2.05, 4.69) is 13.8 Å². The Morgan fingerprint density at radius 2 is 1.88 bits per heavy atom. The Hall–Kier alpha value is -0.410. The van der Waals surface area contributed by atoms with Crippen molar-refractivity contribution in [2.45, 2.75) is 64.3 Å². The molecule has 1 aromatic heterocycles. The monoisotopic (exact) mass is 250 g/mol. The number of nitrogens with zero attached hydrogens (tertiary/aromatic N) is 1. The second-order valence-electron chi connectivity index (χ2n) is 6.30. The molecule has 3 rings (SSSR count). The van der Waals surface area contributed by atoms with Crippen LogP contribution in [0.1, 0.15) is 61.5 Å². The van der Waals surface area contributed by atoms with Crippen molar-refractivity contribution < 1.29 is 0 Å². The fraction of sp³-hybridized carbons (Fsp3) is 0.786. The third kappa shape index (κ3) is 1.66. The maximum absolute atomic E-state index is 6.72. The van der Waals surface area contributed by atoms with Crippen LogP contribution in [0.4, 0.5) is 0 Å². The first-order valence-electron chi connectivity index (χ1n) is 6.81. The molecule has 0 bridgehead atoms. The Bertz CT molecular complexity index is 412. The van der Waals surface area contributed by atoms with E-state index in [9.17, 15) is 0 Å². The van der Waals surface area contributed by atoms with Gasteiger partial charge in [0.1, 0.15) is 5.01 Å². The average molecular weight is 250 g/mol. The quantitative estimate of drug-likeness (QED) is 0.830. The molecule has 2 nitrogen and oxygen atoms in total. The molecule has 17 heavy (non-hydrogen) atoms. The number of nitrogens with two attached hydrogens (primary N) is 1. The van der Waals surface area contributed by atoms with Crippen molar-refractivity contribution in [3.63, 3.8) is 0 Å². The average Bonchev–Trinajstić information content (AvgIpc) is 2.82. The van der Waals surface area contributed by atoms with Crippen molar-refractivity contribution in [1.82, 2.24) is 4.98 Å². The molecular formula is C14H22N2S. The van der Waals surface area contributed by atoms with E-state index in [-0.39, 0.29) is 11.0 Å². The number of hydrogen-bond acceptors (Lipinski definition) is 3. The molecule has 2 aliphatic carbocycles. The summed E-state index contributed by atoms with van der Waals surface area (Å²) in [5, 5.41) is 1.21. The summed E-state index contributed by atoms with van der Waals surface area (Å²) in [6.45, 7) is 4.61. The number of rotatable bonds is 1. The van der Waals surface area contributed by atoms with E-state index in [0.717, 1.165) is 6.42 Å². The Morgan fingerprint density at radius 3 is 2.53 bits per heavy atom. The summed E-state index contributed by atoms with van der Waals surface area (Å²) in [7, 11) is 0. The van der Waals surface area contributed by atoms with Gasteiger partial charge < -0.3 is 5.73 Å². The predicted octanol–water partition coefficient (Wildman–Crippen LogP) is 3.39. The van der Waals surface area contributed by atoms with Gasteiger partial charge in [0.25, 0.3) is 0 Å². The van der Waals surface area contributed by atoms with Crippen molar-refractivity contribution in [2.24, 2.45) is 11.1 Å². The van der Waals surface area contributed by atoms with Crippen molar-refractivity contribution in [3.8, 4) is 0 Å². The SMILES string of the molecule is CC1(C)CCCC1(N)c1nc2c(s1)CCCC2. The van der Waals surface area contributed by atoms with Gasteiger partial charge in [-0.2, -0.15) is 0 Å². The minimum atomic E-state index is -0.172. The van der Waals surface area contributed by atoms with Crippen LogP contribution in [0.5, 0.6) is 0 Å². The van der Waals surface area contributed by atoms with Gasteiger partial charge in [0.15, 0.2) is 0 Å². The first kappa shape index (κ1) is 11.7. The van der Waals surface area contributed by atoms with Gasteiger partial charge in [-0.15, -0.1) is 11.3 Å². The van der Waals surface area contributed by atoms with E-state index in [0.29, 0.717) is 0 Å². The molecule has 2 aliphatic rings. The number of fused-ring (bicyclic) bond motifs is 1. The zero-order valence-electron chi connectivity index (χ0n) is 10.9. The van der Waals surface area contributed by atoms with Gasteiger partial charge in [-0.05, 0) is 43.9 Å². The highest BCUT2D eigenvalue weighted by Crippen LogP contribution is 2.51. The van der Waals surface area contributed by atoms with Gasteiger partial charge in [0.05, 0.1) is 11.2 Å². The van der Waals surface area contributed by atoms with Crippen molar-refractivity contribution in [3.05, 3.63) is 15.6 Å². The van der Waals surface area contributed by atoms with E-state index >= 15 is 0 Å². The van der Waals surface area contributed by atoms with E-state index in [4.69, 9.17) is 10.7 Å². The Balaban J connectivity index is 2.01. The summed E-state index contributed by atoms with van der Waals surface area (Å²) in [6.07, 6.45) is 8.60. The lowest BCUT2D eigenvalue weighted by Crippen LogP contribution is -2.45. The molecule has 0 saturated heterocycles. The normalized spacial score (nSPS) is 31.5. The van der Waals surface area contributed by atoms with Gasteiger partial charge in [-0.25, -0.2) is 4.98 Å². The summed E-state index contributed by atoms with van der Waals surface area (Å²) in [6, 6.07) is 0. The summed E-state index contributed by atoms with van der Waals surface area (Å²) < 4.78 is 0. The largest absolute Gasteiger partial charge is 0.319 e. The highest BCUT2D eigenvalue weighted by atomic mass is 32.1. The number of thiazole rings is 1. The first-order chi connectivity index (χ1) is 8.03. The Morgan fingerprint density at radius 1 is 1.12 bits per heavy atom. The molecule has 1 fully saturated rings. The zero-order chi connectivity index (χ0) is 12.1. The fourth-order valence-electron chi connectivity index (χ4n) is 3.31. The predicted molar refractivity (Wildman–Crippen MR) is 72.3 cm³/mol. The molecule has 1 unspecified atom stereocenters. The van der Waals surface area contributed by atoms with Gasteiger partial charge in [0, 0.05) is 4.88 Å². The molecule has 94 valence electrons. The van der Waals surface area contributed by atoms with Crippen molar-refractivity contribution >= 4 is 11.3 Å². The number of aryl methyl sites for hydroxylation is 2. The van der Waals surface area contributed by atoms with Crippen LogP contribution in [0, 0.1) is 5.41 Å². The van der Waals surface area contributed by atoms with Crippen LogP contribution in [0.2, 0.25) is 0 Å². The minimum Gasteiger partial charge on any atom is -0.319 e. The highest BCUT2D eigenvalue weighted by Gasteiger charge is 2.49. The highest BCUT2D eigenvalue weighted by molar-refractivity contribution is 7.11. The van der Waals surface area contributed by atoms with Gasteiger partial charge in [0.2, 0.25) is 0 Å². The first-order valence-corrected chi connectivity index (χ1v) is 7.62. The fourth-order valence-corrected chi connectivity index (χ4v) is 4.77. The summed E-state index contributed by atoms with van der Waals surface area (Å²) in [5.41, 5.74) is 8.10. The van der Waals surface area contributed by atoms with E-state index in [1.54, 1.807) is 0 Å². The van der Waals surface area contributed by atoms with Crippen LogP contribution < -0.4 is 5.73 Å².